The van der Waals surface area contributed by atoms with Crippen molar-refractivity contribution in [3.63, 3.8) is 0 Å². The minimum Gasteiger partial charge on any atom is -0.390 e. The highest BCUT2D eigenvalue weighted by Gasteiger charge is 2.50. The van der Waals surface area contributed by atoms with Gasteiger partial charge in [-0.15, -0.1) is 11.3 Å². The lowest BCUT2D eigenvalue weighted by Crippen LogP contribution is -2.53. The molecule has 0 bridgehead atoms. The third-order valence-electron chi connectivity index (χ3n) is 5.31. The first-order chi connectivity index (χ1) is 13.9. The van der Waals surface area contributed by atoms with Crippen molar-refractivity contribution in [1.82, 2.24) is 5.32 Å². The Morgan fingerprint density at radius 2 is 2.00 bits per heavy atom. The number of carbonyl (C=O) groups is 1. The molecule has 5 atom stereocenters. The molecule has 154 valence electrons. The zero-order chi connectivity index (χ0) is 20.5. The Hall–Kier alpha value is -1.87. The van der Waals surface area contributed by atoms with Crippen molar-refractivity contribution >= 4 is 39.9 Å². The molecule has 1 fully saturated rings. The number of benzene rings is 1. The summed E-state index contributed by atoms with van der Waals surface area (Å²) in [6.45, 7) is 4.55. The number of aliphatic hydroxyl groups excluding tert-OH is 2. The van der Waals surface area contributed by atoms with Crippen LogP contribution in [0.25, 0.3) is 0 Å². The summed E-state index contributed by atoms with van der Waals surface area (Å²) in [4.78, 5) is 18.6. The molecular weight excluding hydrogens is 406 g/mol. The van der Waals surface area contributed by atoms with E-state index in [0.29, 0.717) is 11.7 Å². The molecule has 0 saturated heterocycles. The minimum absolute atomic E-state index is 0.102. The number of carbonyl (C=O) groups excluding carboxylic acids is 1. The molecule has 1 amide bonds. The van der Waals surface area contributed by atoms with Gasteiger partial charge in [0, 0.05) is 15.8 Å². The normalized spacial score (nSPS) is 28.6. The Labute approximate surface area is 178 Å². The second kappa shape index (κ2) is 8.47. The number of thiophene rings is 1. The molecule has 6 nitrogen and oxygen atoms in total. The van der Waals surface area contributed by atoms with Crippen molar-refractivity contribution in [3.05, 3.63) is 51.7 Å². The van der Waals surface area contributed by atoms with Crippen LogP contribution < -0.4 is 10.6 Å². The van der Waals surface area contributed by atoms with E-state index < -0.39 is 24.2 Å². The summed E-state index contributed by atoms with van der Waals surface area (Å²) in [7, 11) is 0. The van der Waals surface area contributed by atoms with Gasteiger partial charge in [0.2, 0.25) is 5.91 Å². The van der Waals surface area contributed by atoms with E-state index in [1.807, 2.05) is 43.5 Å². The minimum atomic E-state index is -0.965. The van der Waals surface area contributed by atoms with Gasteiger partial charge in [0.15, 0.2) is 5.17 Å². The number of nitrogens with one attached hydrogen (secondary N) is 2. The number of aliphatic hydroxyl groups is 2. The molecule has 29 heavy (non-hydrogen) atoms. The van der Waals surface area contributed by atoms with Crippen LogP contribution in [0.3, 0.4) is 0 Å². The number of rotatable bonds is 4. The number of anilines is 1. The standard InChI is InChI=1S/C21H25N3O3S2/c1-11-6-12(2)8-13(7-11)23-21-24-17-18(26)16(25)9-15(19(17)29-21)20(27)22-10-14-4-3-5-28-14/h3-8,15-19,25-26H,9-10H2,1-2H3,(H,22,27)(H,23,24)/t15-,16+,17+,18-,19+/m0/s1. The zero-order valence-electron chi connectivity index (χ0n) is 16.3. The van der Waals surface area contributed by atoms with E-state index in [1.54, 1.807) is 11.3 Å². The van der Waals surface area contributed by atoms with Crippen LogP contribution in [0.4, 0.5) is 5.69 Å². The fourth-order valence-corrected chi connectivity index (χ4v) is 6.02. The molecule has 0 unspecified atom stereocenters. The lowest BCUT2D eigenvalue weighted by Gasteiger charge is -2.37. The number of amides is 1. The summed E-state index contributed by atoms with van der Waals surface area (Å²) < 4.78 is 0. The molecule has 4 rings (SSSR count). The summed E-state index contributed by atoms with van der Waals surface area (Å²) >= 11 is 3.07. The summed E-state index contributed by atoms with van der Waals surface area (Å²) in [5.74, 6) is -0.514. The number of thioether (sulfide) groups is 1. The van der Waals surface area contributed by atoms with Gasteiger partial charge in [0.1, 0.15) is 6.10 Å². The third kappa shape index (κ3) is 4.50. The van der Waals surface area contributed by atoms with Crippen molar-refractivity contribution in [3.8, 4) is 0 Å². The van der Waals surface area contributed by atoms with Gasteiger partial charge in [0.05, 0.1) is 24.6 Å². The maximum absolute atomic E-state index is 12.9. The van der Waals surface area contributed by atoms with Gasteiger partial charge in [-0.25, -0.2) is 0 Å². The highest BCUT2D eigenvalue weighted by Crippen LogP contribution is 2.41. The van der Waals surface area contributed by atoms with Crippen molar-refractivity contribution < 1.29 is 15.0 Å². The molecule has 1 aromatic carbocycles. The summed E-state index contributed by atoms with van der Waals surface area (Å²) in [5.41, 5.74) is 3.23. The van der Waals surface area contributed by atoms with Gasteiger partial charge >= 0.3 is 0 Å². The predicted octanol–water partition coefficient (Wildman–Crippen LogP) is 2.67. The van der Waals surface area contributed by atoms with Crippen molar-refractivity contribution in [1.29, 1.82) is 0 Å². The smallest absolute Gasteiger partial charge is 0.224 e. The molecule has 0 spiro atoms. The Kier molecular flexibility index (Phi) is 5.96. The van der Waals surface area contributed by atoms with Crippen LogP contribution in [0.15, 0.2) is 40.7 Å². The van der Waals surface area contributed by atoms with Gasteiger partial charge in [-0.2, -0.15) is 0 Å². The van der Waals surface area contributed by atoms with E-state index in [-0.39, 0.29) is 17.6 Å². The number of aliphatic imine (C=N–C) groups is 1. The molecular formula is C21H25N3O3S2. The van der Waals surface area contributed by atoms with Gasteiger partial charge < -0.3 is 20.8 Å². The molecule has 2 heterocycles. The van der Waals surface area contributed by atoms with Crippen molar-refractivity contribution in [2.75, 3.05) is 5.32 Å². The Morgan fingerprint density at radius 3 is 2.69 bits per heavy atom. The van der Waals surface area contributed by atoms with E-state index in [0.717, 1.165) is 21.7 Å². The molecule has 4 N–H and O–H groups in total. The first-order valence-corrected chi connectivity index (χ1v) is 11.4. The SMILES string of the molecule is Cc1cc(C)cc(NC2=N[C@@H]3[C@@H](O)[C@H](O)C[C@H](C(=O)NCc4cccs4)[C@H]3S2)c1. The average Bonchev–Trinajstić information content (AvgIpc) is 3.31. The summed E-state index contributed by atoms with van der Waals surface area (Å²) in [6, 6.07) is 9.60. The lowest BCUT2D eigenvalue weighted by atomic mass is 9.81. The van der Waals surface area contributed by atoms with Crippen LogP contribution in [0.2, 0.25) is 0 Å². The topological polar surface area (TPSA) is 94.0 Å². The Bertz CT molecular complexity index is 896. The van der Waals surface area contributed by atoms with Crippen LogP contribution in [-0.2, 0) is 11.3 Å². The van der Waals surface area contributed by atoms with Crippen LogP contribution >= 0.6 is 23.1 Å². The predicted molar refractivity (Wildman–Crippen MR) is 118 cm³/mol. The largest absolute Gasteiger partial charge is 0.390 e. The molecule has 1 saturated carbocycles. The number of nitrogens with zero attached hydrogens (tertiary/aromatic N) is 1. The quantitative estimate of drug-likeness (QED) is 0.597. The zero-order valence-corrected chi connectivity index (χ0v) is 18.0. The van der Waals surface area contributed by atoms with Gasteiger partial charge in [-0.3, -0.25) is 9.79 Å². The lowest BCUT2D eigenvalue weighted by molar-refractivity contribution is -0.129. The van der Waals surface area contributed by atoms with Gasteiger partial charge in [-0.05, 0) is 55.0 Å². The fraction of sp³-hybridized carbons (Fsp3) is 0.429. The number of hydrogen-bond acceptors (Lipinski definition) is 7. The second-order valence-corrected chi connectivity index (χ2v) is 9.90. The second-order valence-electron chi connectivity index (χ2n) is 7.71. The van der Waals surface area contributed by atoms with Crippen LogP contribution in [0.1, 0.15) is 22.4 Å². The first-order valence-electron chi connectivity index (χ1n) is 9.66. The van der Waals surface area contributed by atoms with Gasteiger partial charge in [-0.1, -0.05) is 23.9 Å². The van der Waals surface area contributed by atoms with Crippen LogP contribution in [-0.4, -0.2) is 44.8 Å². The number of aryl methyl sites for hydroxylation is 2. The molecule has 1 aliphatic carbocycles. The first kappa shape index (κ1) is 20.4. The molecule has 1 aromatic heterocycles. The Morgan fingerprint density at radius 1 is 1.24 bits per heavy atom. The number of amidine groups is 1. The van der Waals surface area contributed by atoms with Crippen LogP contribution in [0.5, 0.6) is 0 Å². The van der Waals surface area contributed by atoms with E-state index in [9.17, 15) is 15.0 Å². The molecule has 2 aromatic rings. The Balaban J connectivity index is 1.47. The summed E-state index contributed by atoms with van der Waals surface area (Å²) in [5, 5.41) is 29.5. The molecule has 2 aliphatic rings. The average molecular weight is 432 g/mol. The highest BCUT2D eigenvalue weighted by atomic mass is 32.2. The number of fused-ring (bicyclic) bond motifs is 1. The fourth-order valence-electron chi connectivity index (χ4n) is 4.00. The van der Waals surface area contributed by atoms with Crippen molar-refractivity contribution in [2.24, 2.45) is 10.9 Å². The maximum atomic E-state index is 12.9. The third-order valence-corrected chi connectivity index (χ3v) is 7.50. The van der Waals surface area contributed by atoms with Crippen LogP contribution in [0, 0.1) is 19.8 Å². The molecule has 8 heteroatoms. The maximum Gasteiger partial charge on any atom is 0.224 e. The van der Waals surface area contributed by atoms with E-state index in [1.165, 1.54) is 11.8 Å². The van der Waals surface area contributed by atoms with E-state index in [4.69, 9.17) is 0 Å². The summed E-state index contributed by atoms with van der Waals surface area (Å²) in [6.07, 6.45) is -1.69. The monoisotopic (exact) mass is 431 g/mol. The highest BCUT2D eigenvalue weighted by molar-refractivity contribution is 8.15. The van der Waals surface area contributed by atoms with E-state index in [2.05, 4.69) is 21.7 Å². The molecule has 1 aliphatic heterocycles. The number of hydrogen-bond donors (Lipinski definition) is 4. The van der Waals surface area contributed by atoms with Crippen molar-refractivity contribution in [2.45, 2.75) is 50.3 Å². The van der Waals surface area contributed by atoms with Gasteiger partial charge in [0.25, 0.3) is 0 Å². The van der Waals surface area contributed by atoms with E-state index >= 15 is 0 Å². The molecule has 0 radical (unpaired) electrons.